The minimum Gasteiger partial charge on any atom is -0.441 e. The standard InChI is InChI=1S/C14H16N2O/c1-4-14(3,9-15)8-11-5-6-13-12(7-11)16-10(2)17-13/h5-7H,4,8H2,1-3H3. The molecule has 0 spiro atoms. The lowest BCUT2D eigenvalue weighted by Gasteiger charge is -2.18. The third-order valence-corrected chi connectivity index (χ3v) is 3.20. The maximum Gasteiger partial charge on any atom is 0.192 e. The van der Waals surface area contributed by atoms with E-state index in [0.717, 1.165) is 29.5 Å². The van der Waals surface area contributed by atoms with Crippen molar-refractivity contribution in [3.05, 3.63) is 29.7 Å². The number of nitrogens with zero attached hydrogens (tertiary/aromatic N) is 2. The third-order valence-electron chi connectivity index (χ3n) is 3.20. The van der Waals surface area contributed by atoms with Crippen molar-refractivity contribution in [1.82, 2.24) is 4.98 Å². The first-order chi connectivity index (χ1) is 8.06. The SMILES string of the molecule is CCC(C)(C#N)Cc1ccc2oc(C)nc2c1. The zero-order valence-electron chi connectivity index (χ0n) is 10.4. The maximum absolute atomic E-state index is 9.18. The van der Waals surface area contributed by atoms with Crippen molar-refractivity contribution >= 4 is 11.1 Å². The molecule has 0 radical (unpaired) electrons. The largest absolute Gasteiger partial charge is 0.441 e. The second-order valence-electron chi connectivity index (χ2n) is 4.74. The average molecular weight is 228 g/mol. The molecule has 2 rings (SSSR count). The molecule has 0 saturated heterocycles. The summed E-state index contributed by atoms with van der Waals surface area (Å²) in [5.74, 6) is 0.677. The molecule has 1 atom stereocenters. The Morgan fingerprint density at radius 1 is 1.47 bits per heavy atom. The van der Waals surface area contributed by atoms with Crippen molar-refractivity contribution in [2.75, 3.05) is 0 Å². The predicted octanol–water partition coefficient (Wildman–Crippen LogP) is 3.62. The summed E-state index contributed by atoms with van der Waals surface area (Å²) >= 11 is 0. The molecule has 1 heterocycles. The van der Waals surface area contributed by atoms with Gasteiger partial charge >= 0.3 is 0 Å². The molecule has 0 aliphatic carbocycles. The van der Waals surface area contributed by atoms with Crippen LogP contribution in [0.1, 0.15) is 31.7 Å². The minimum absolute atomic E-state index is 0.299. The van der Waals surface area contributed by atoms with Crippen LogP contribution in [-0.4, -0.2) is 4.98 Å². The van der Waals surface area contributed by atoms with E-state index in [1.165, 1.54) is 0 Å². The zero-order chi connectivity index (χ0) is 12.5. The quantitative estimate of drug-likeness (QED) is 0.806. The number of rotatable bonds is 3. The molecule has 1 aromatic carbocycles. The number of benzene rings is 1. The second kappa shape index (κ2) is 4.21. The van der Waals surface area contributed by atoms with Crippen molar-refractivity contribution in [2.45, 2.75) is 33.6 Å². The molecule has 88 valence electrons. The van der Waals surface area contributed by atoms with Crippen LogP contribution in [0.25, 0.3) is 11.1 Å². The normalized spacial score (nSPS) is 14.5. The number of hydrogen-bond acceptors (Lipinski definition) is 3. The third kappa shape index (κ3) is 2.31. The first-order valence-electron chi connectivity index (χ1n) is 5.83. The van der Waals surface area contributed by atoms with Gasteiger partial charge in [-0.2, -0.15) is 5.26 Å². The fourth-order valence-corrected chi connectivity index (χ4v) is 1.89. The van der Waals surface area contributed by atoms with Gasteiger partial charge in [-0.15, -0.1) is 0 Å². The smallest absolute Gasteiger partial charge is 0.192 e. The number of aryl methyl sites for hydroxylation is 1. The summed E-state index contributed by atoms with van der Waals surface area (Å²) in [6.07, 6.45) is 1.60. The maximum atomic E-state index is 9.18. The van der Waals surface area contributed by atoms with Crippen LogP contribution in [0.2, 0.25) is 0 Å². The average Bonchev–Trinajstić information content (AvgIpc) is 2.68. The minimum atomic E-state index is -0.299. The lowest BCUT2D eigenvalue weighted by Crippen LogP contribution is -2.15. The molecule has 17 heavy (non-hydrogen) atoms. The van der Waals surface area contributed by atoms with Gasteiger partial charge in [0.15, 0.2) is 11.5 Å². The predicted molar refractivity (Wildman–Crippen MR) is 66.5 cm³/mol. The van der Waals surface area contributed by atoms with E-state index >= 15 is 0 Å². The Morgan fingerprint density at radius 3 is 2.88 bits per heavy atom. The van der Waals surface area contributed by atoms with Gasteiger partial charge in [0.05, 0.1) is 11.5 Å². The molecular formula is C14H16N2O. The lowest BCUT2D eigenvalue weighted by molar-refractivity contribution is 0.423. The van der Waals surface area contributed by atoms with Crippen molar-refractivity contribution in [1.29, 1.82) is 5.26 Å². The summed E-state index contributed by atoms with van der Waals surface area (Å²) < 4.78 is 5.43. The molecule has 2 aromatic rings. The highest BCUT2D eigenvalue weighted by Gasteiger charge is 2.22. The van der Waals surface area contributed by atoms with Gasteiger partial charge < -0.3 is 4.42 Å². The molecule has 1 unspecified atom stereocenters. The van der Waals surface area contributed by atoms with E-state index in [4.69, 9.17) is 4.42 Å². The first-order valence-corrected chi connectivity index (χ1v) is 5.83. The number of aromatic nitrogens is 1. The van der Waals surface area contributed by atoms with Gasteiger partial charge in [0.25, 0.3) is 0 Å². The van der Waals surface area contributed by atoms with Crippen LogP contribution in [0.5, 0.6) is 0 Å². The topological polar surface area (TPSA) is 49.8 Å². The van der Waals surface area contributed by atoms with Crippen LogP contribution >= 0.6 is 0 Å². The summed E-state index contributed by atoms with van der Waals surface area (Å²) in [5, 5.41) is 9.18. The van der Waals surface area contributed by atoms with Crippen molar-refractivity contribution in [3.63, 3.8) is 0 Å². The molecule has 0 fully saturated rings. The van der Waals surface area contributed by atoms with E-state index in [1.807, 2.05) is 39.0 Å². The van der Waals surface area contributed by atoms with Crippen LogP contribution < -0.4 is 0 Å². The zero-order valence-corrected chi connectivity index (χ0v) is 10.4. The highest BCUT2D eigenvalue weighted by atomic mass is 16.3. The number of hydrogen-bond donors (Lipinski definition) is 0. The molecule has 3 heteroatoms. The van der Waals surface area contributed by atoms with Crippen LogP contribution in [0.15, 0.2) is 22.6 Å². The Labute approximate surface area is 101 Å². The summed E-state index contributed by atoms with van der Waals surface area (Å²) in [5.41, 5.74) is 2.52. The number of nitriles is 1. The Bertz CT molecular complexity index is 579. The van der Waals surface area contributed by atoms with Gasteiger partial charge in [0.1, 0.15) is 5.52 Å². The number of oxazole rings is 1. The molecule has 0 aliphatic heterocycles. The molecule has 3 nitrogen and oxygen atoms in total. The van der Waals surface area contributed by atoms with E-state index in [-0.39, 0.29) is 5.41 Å². The molecule has 0 saturated carbocycles. The Balaban J connectivity index is 2.34. The molecule has 0 bridgehead atoms. The Morgan fingerprint density at radius 2 is 2.24 bits per heavy atom. The van der Waals surface area contributed by atoms with Gasteiger partial charge in [-0.1, -0.05) is 13.0 Å². The molecular weight excluding hydrogens is 212 g/mol. The second-order valence-corrected chi connectivity index (χ2v) is 4.74. The lowest BCUT2D eigenvalue weighted by atomic mass is 9.83. The van der Waals surface area contributed by atoms with E-state index < -0.39 is 0 Å². The van der Waals surface area contributed by atoms with Gasteiger partial charge in [-0.25, -0.2) is 4.98 Å². The van der Waals surface area contributed by atoms with Crippen LogP contribution in [0, 0.1) is 23.7 Å². The van der Waals surface area contributed by atoms with E-state index in [9.17, 15) is 5.26 Å². The summed E-state index contributed by atoms with van der Waals surface area (Å²) in [6.45, 7) is 5.87. The Hall–Kier alpha value is -1.82. The highest BCUT2D eigenvalue weighted by molar-refractivity contribution is 5.73. The summed E-state index contributed by atoms with van der Waals surface area (Å²) in [6, 6.07) is 8.34. The molecule has 0 aliphatic rings. The van der Waals surface area contributed by atoms with E-state index in [1.54, 1.807) is 0 Å². The van der Waals surface area contributed by atoms with Gasteiger partial charge in [0, 0.05) is 6.92 Å². The molecule has 0 N–H and O–H groups in total. The van der Waals surface area contributed by atoms with E-state index in [2.05, 4.69) is 11.1 Å². The monoisotopic (exact) mass is 228 g/mol. The van der Waals surface area contributed by atoms with Crippen LogP contribution in [0.3, 0.4) is 0 Å². The highest BCUT2D eigenvalue weighted by Crippen LogP contribution is 2.27. The van der Waals surface area contributed by atoms with Gasteiger partial charge in [0.2, 0.25) is 0 Å². The van der Waals surface area contributed by atoms with Gasteiger partial charge in [-0.05, 0) is 37.5 Å². The molecule has 0 amide bonds. The fourth-order valence-electron chi connectivity index (χ4n) is 1.89. The van der Waals surface area contributed by atoms with Crippen molar-refractivity contribution in [3.8, 4) is 6.07 Å². The number of fused-ring (bicyclic) bond motifs is 1. The molecule has 1 aromatic heterocycles. The van der Waals surface area contributed by atoms with Crippen molar-refractivity contribution in [2.24, 2.45) is 5.41 Å². The van der Waals surface area contributed by atoms with Crippen LogP contribution in [0.4, 0.5) is 0 Å². The van der Waals surface area contributed by atoms with Gasteiger partial charge in [-0.3, -0.25) is 0 Å². The summed E-state index contributed by atoms with van der Waals surface area (Å²) in [4.78, 5) is 4.31. The van der Waals surface area contributed by atoms with Crippen LogP contribution in [-0.2, 0) is 6.42 Å². The van der Waals surface area contributed by atoms with E-state index in [0.29, 0.717) is 5.89 Å². The fraction of sp³-hybridized carbons (Fsp3) is 0.429. The first kappa shape index (κ1) is 11.7. The Kier molecular flexibility index (Phi) is 2.89. The van der Waals surface area contributed by atoms with Crippen molar-refractivity contribution < 1.29 is 4.42 Å². The summed E-state index contributed by atoms with van der Waals surface area (Å²) in [7, 11) is 0.